The van der Waals surface area contributed by atoms with Gasteiger partial charge in [0, 0.05) is 52.5 Å². The van der Waals surface area contributed by atoms with Gasteiger partial charge in [-0.2, -0.15) is 4.31 Å². The van der Waals surface area contributed by atoms with Crippen molar-refractivity contribution in [1.82, 2.24) is 18.8 Å². The Morgan fingerprint density at radius 1 is 1.02 bits per heavy atom. The number of sulfonamides is 1. The number of piperazine rings is 1. The highest BCUT2D eigenvalue weighted by Gasteiger charge is 2.52. The molecule has 0 saturated carbocycles. The number of hydrogen-bond acceptors (Lipinski definition) is 5. The molecule has 1 fully saturated rings. The van der Waals surface area contributed by atoms with Crippen LogP contribution in [0.25, 0.3) is 0 Å². The summed E-state index contributed by atoms with van der Waals surface area (Å²) in [6, 6.07) is 12.3. The predicted octanol–water partition coefficient (Wildman–Crippen LogP) is 5.47. The van der Waals surface area contributed by atoms with Crippen molar-refractivity contribution >= 4 is 72.6 Å². The highest BCUT2D eigenvalue weighted by Crippen LogP contribution is 2.45. The van der Waals surface area contributed by atoms with Crippen molar-refractivity contribution in [3.05, 3.63) is 68.7 Å². The van der Waals surface area contributed by atoms with Crippen LogP contribution in [0.3, 0.4) is 0 Å². The van der Waals surface area contributed by atoms with Crippen molar-refractivity contribution in [1.29, 1.82) is 0 Å². The number of rotatable bonds is 5. The van der Waals surface area contributed by atoms with E-state index in [1.807, 2.05) is 45.0 Å². The topological polar surface area (TPSA) is 95.8 Å². The first-order valence-corrected chi connectivity index (χ1v) is 16.0. The normalized spacial score (nSPS) is 20.0. The summed E-state index contributed by atoms with van der Waals surface area (Å²) in [7, 11) is -4.09. The average Bonchev–Trinajstić information content (AvgIpc) is 3.42. The number of benzene rings is 2. The summed E-state index contributed by atoms with van der Waals surface area (Å²) in [5.41, 5.74) is -0.666. The molecule has 2 aliphatic rings. The highest BCUT2D eigenvalue weighted by molar-refractivity contribution is 9.10. The summed E-state index contributed by atoms with van der Waals surface area (Å²) in [5, 5.41) is 0.567. The molecule has 2 aromatic carbocycles. The van der Waals surface area contributed by atoms with Gasteiger partial charge < -0.3 is 4.90 Å². The van der Waals surface area contributed by atoms with E-state index in [0.717, 1.165) is 10.0 Å². The van der Waals surface area contributed by atoms with Crippen molar-refractivity contribution in [3.63, 3.8) is 0 Å². The quantitative estimate of drug-likeness (QED) is 0.356. The van der Waals surface area contributed by atoms with E-state index in [9.17, 15) is 18.0 Å². The summed E-state index contributed by atoms with van der Waals surface area (Å²) in [6.45, 7) is 8.07. The molecule has 0 N–H and O–H groups in total. The first-order chi connectivity index (χ1) is 19.1. The fourth-order valence-corrected chi connectivity index (χ4v) is 7.74. The average molecular weight is 683 g/mol. The van der Waals surface area contributed by atoms with E-state index in [1.165, 1.54) is 20.0 Å². The van der Waals surface area contributed by atoms with Gasteiger partial charge in [0.25, 0.3) is 15.9 Å². The van der Waals surface area contributed by atoms with Gasteiger partial charge in [0.15, 0.2) is 5.03 Å². The van der Waals surface area contributed by atoms with Gasteiger partial charge in [-0.25, -0.2) is 18.3 Å². The standard InChI is InChI=1S/C28H30BrCl2N5O4S/c1-27(2,3)24(37)33-9-11-34(12-10-33)41(39,40)23-17-32-26-35(22-14-20(30)13-21(31)15-22)25(38)28(4,36(23)26)16-18-5-7-19(29)8-6-18/h5-8,13-15,17H,9-12,16H2,1-4H3. The molecule has 9 nitrogen and oxygen atoms in total. The van der Waals surface area contributed by atoms with Gasteiger partial charge in [-0.1, -0.05) is 72.0 Å². The molecule has 3 aromatic rings. The van der Waals surface area contributed by atoms with Gasteiger partial charge in [-0.3, -0.25) is 14.2 Å². The summed E-state index contributed by atoms with van der Waals surface area (Å²) < 4.78 is 32.0. The molecule has 41 heavy (non-hydrogen) atoms. The van der Waals surface area contributed by atoms with Crippen molar-refractivity contribution in [2.24, 2.45) is 5.41 Å². The van der Waals surface area contributed by atoms with Crippen molar-refractivity contribution in [3.8, 4) is 0 Å². The lowest BCUT2D eigenvalue weighted by Gasteiger charge is -2.37. The minimum atomic E-state index is -4.09. The van der Waals surface area contributed by atoms with Crippen LogP contribution in [0.4, 0.5) is 11.6 Å². The third kappa shape index (κ3) is 5.43. The Morgan fingerprint density at radius 3 is 2.17 bits per heavy atom. The molecule has 2 amide bonds. The smallest absolute Gasteiger partial charge is 0.260 e. The van der Waals surface area contributed by atoms with Crippen LogP contribution in [-0.4, -0.2) is 65.2 Å². The van der Waals surface area contributed by atoms with Gasteiger partial charge >= 0.3 is 0 Å². The minimum absolute atomic E-state index is 0.0247. The number of halogens is 3. The summed E-state index contributed by atoms with van der Waals surface area (Å²) in [4.78, 5) is 34.5. The summed E-state index contributed by atoms with van der Waals surface area (Å²) in [6.07, 6.45) is 1.51. The Morgan fingerprint density at radius 2 is 1.61 bits per heavy atom. The van der Waals surface area contributed by atoms with Gasteiger partial charge in [0.2, 0.25) is 11.9 Å². The van der Waals surface area contributed by atoms with E-state index in [2.05, 4.69) is 20.9 Å². The molecule has 1 unspecified atom stereocenters. The van der Waals surface area contributed by atoms with Crippen molar-refractivity contribution in [2.45, 2.75) is 44.7 Å². The minimum Gasteiger partial charge on any atom is -0.340 e. The van der Waals surface area contributed by atoms with Crippen LogP contribution in [0, 0.1) is 5.41 Å². The highest BCUT2D eigenvalue weighted by atomic mass is 79.9. The molecular formula is C28H30BrCl2N5O4S. The number of fused-ring (bicyclic) bond motifs is 1. The van der Waals surface area contributed by atoms with Crippen LogP contribution in [0.1, 0.15) is 33.3 Å². The zero-order valence-electron chi connectivity index (χ0n) is 23.1. The number of imidazole rings is 1. The second-order valence-corrected chi connectivity index (χ2v) is 15.2. The zero-order valence-corrected chi connectivity index (χ0v) is 27.0. The Hall–Kier alpha value is -2.44. The number of nitrogens with zero attached hydrogens (tertiary/aromatic N) is 5. The first kappa shape index (κ1) is 30.0. The van der Waals surface area contributed by atoms with Gasteiger partial charge in [0.1, 0.15) is 5.54 Å². The Kier molecular flexibility index (Phi) is 7.82. The van der Waals surface area contributed by atoms with E-state index in [1.54, 1.807) is 30.0 Å². The fraction of sp³-hybridized carbons (Fsp3) is 0.393. The number of carbonyl (C=O) groups is 2. The monoisotopic (exact) mass is 681 g/mol. The maximum absolute atomic E-state index is 14.2. The number of anilines is 2. The lowest BCUT2D eigenvalue weighted by atomic mass is 9.92. The van der Waals surface area contributed by atoms with Crippen LogP contribution < -0.4 is 4.90 Å². The summed E-state index contributed by atoms with van der Waals surface area (Å²) in [5.74, 6) is -0.227. The lowest BCUT2D eigenvalue weighted by molar-refractivity contribution is -0.140. The largest absolute Gasteiger partial charge is 0.340 e. The maximum Gasteiger partial charge on any atom is 0.260 e. The molecule has 0 aliphatic carbocycles. The summed E-state index contributed by atoms with van der Waals surface area (Å²) >= 11 is 16.0. The van der Waals surface area contributed by atoms with Crippen LogP contribution in [0.2, 0.25) is 10.0 Å². The third-order valence-electron chi connectivity index (χ3n) is 7.41. The number of amides is 2. The Bertz CT molecular complexity index is 1610. The van der Waals surface area contributed by atoms with Crippen LogP contribution in [0.5, 0.6) is 0 Å². The molecule has 5 rings (SSSR count). The molecule has 2 aliphatic heterocycles. The molecular weight excluding hydrogens is 653 g/mol. The molecule has 0 spiro atoms. The number of aromatic nitrogens is 2. The van der Waals surface area contributed by atoms with Crippen LogP contribution in [0.15, 0.2) is 58.2 Å². The second kappa shape index (κ2) is 10.7. The molecule has 1 aromatic heterocycles. The van der Waals surface area contributed by atoms with E-state index >= 15 is 0 Å². The first-order valence-electron chi connectivity index (χ1n) is 13.1. The fourth-order valence-electron chi connectivity index (χ4n) is 5.35. The third-order valence-corrected chi connectivity index (χ3v) is 10.2. The van der Waals surface area contributed by atoms with E-state index in [0.29, 0.717) is 15.7 Å². The SMILES string of the molecule is CC(C)(C)C(=O)N1CCN(S(=O)(=O)c2cnc3n2C(C)(Cc2ccc(Br)cc2)C(=O)N3c2cc(Cl)cc(Cl)c2)CC1. The Labute approximate surface area is 258 Å². The molecule has 3 heterocycles. The Balaban J connectivity index is 1.57. The molecule has 1 saturated heterocycles. The molecule has 0 radical (unpaired) electrons. The maximum atomic E-state index is 14.2. The zero-order chi connectivity index (χ0) is 29.9. The number of hydrogen-bond donors (Lipinski definition) is 0. The van der Waals surface area contributed by atoms with Crippen molar-refractivity contribution < 1.29 is 18.0 Å². The van der Waals surface area contributed by atoms with Crippen LogP contribution >= 0.6 is 39.1 Å². The molecule has 1 atom stereocenters. The van der Waals surface area contributed by atoms with E-state index < -0.39 is 21.0 Å². The van der Waals surface area contributed by atoms with E-state index in [4.69, 9.17) is 23.2 Å². The van der Waals surface area contributed by atoms with E-state index in [-0.39, 0.29) is 55.4 Å². The van der Waals surface area contributed by atoms with Gasteiger partial charge in [-0.05, 0) is 42.8 Å². The van der Waals surface area contributed by atoms with Gasteiger partial charge in [-0.15, -0.1) is 0 Å². The molecule has 13 heteroatoms. The predicted molar refractivity (Wildman–Crippen MR) is 162 cm³/mol. The van der Waals surface area contributed by atoms with Gasteiger partial charge in [0.05, 0.1) is 11.9 Å². The number of carbonyl (C=O) groups excluding carboxylic acids is 2. The second-order valence-electron chi connectivity index (χ2n) is 11.5. The molecule has 218 valence electrons. The van der Waals surface area contributed by atoms with Crippen LogP contribution in [-0.2, 0) is 31.6 Å². The van der Waals surface area contributed by atoms with Crippen molar-refractivity contribution in [2.75, 3.05) is 31.1 Å². The molecule has 0 bridgehead atoms. The lowest BCUT2D eigenvalue weighted by Crippen LogP contribution is -2.53.